The Morgan fingerprint density at radius 2 is 2.05 bits per heavy atom. The summed E-state index contributed by atoms with van der Waals surface area (Å²) >= 11 is 7.05. The molecule has 1 spiro atoms. The molecule has 0 bridgehead atoms. The van der Waals surface area contributed by atoms with Crippen LogP contribution in [0.5, 0.6) is 0 Å². The van der Waals surface area contributed by atoms with Gasteiger partial charge in [0.25, 0.3) is 0 Å². The molecule has 0 aliphatic heterocycles. The lowest BCUT2D eigenvalue weighted by atomic mass is 9.84. The van der Waals surface area contributed by atoms with Crippen LogP contribution in [0.4, 0.5) is 0 Å². The van der Waals surface area contributed by atoms with E-state index >= 15 is 0 Å². The van der Waals surface area contributed by atoms with Crippen molar-refractivity contribution in [1.29, 1.82) is 0 Å². The van der Waals surface area contributed by atoms with Crippen molar-refractivity contribution in [3.8, 4) is 0 Å². The zero-order chi connectivity index (χ0) is 14.7. The van der Waals surface area contributed by atoms with Gasteiger partial charge in [0.1, 0.15) is 6.10 Å². The van der Waals surface area contributed by atoms with Crippen molar-refractivity contribution in [2.45, 2.75) is 49.5 Å². The van der Waals surface area contributed by atoms with Gasteiger partial charge in [-0.2, -0.15) is 0 Å². The van der Waals surface area contributed by atoms with Gasteiger partial charge in [0.15, 0.2) is 0 Å². The van der Waals surface area contributed by atoms with E-state index in [1.54, 1.807) is 0 Å². The van der Waals surface area contributed by atoms with Gasteiger partial charge in [0, 0.05) is 18.3 Å². The lowest BCUT2D eigenvalue weighted by Gasteiger charge is -2.30. The number of benzene rings is 1. The fourth-order valence-corrected chi connectivity index (χ4v) is 5.43. The molecule has 0 saturated heterocycles. The Morgan fingerprint density at radius 3 is 2.86 bits per heavy atom. The second kappa shape index (κ2) is 4.36. The molecule has 0 unspecified atom stereocenters. The normalized spacial score (nSPS) is 39.5. The Bertz CT molecular complexity index is 638. The third kappa shape index (κ3) is 1.63. The number of hydrogen-bond donors (Lipinski definition) is 0. The summed E-state index contributed by atoms with van der Waals surface area (Å²) in [5.41, 5.74) is 2.62. The second-order valence-electron chi connectivity index (χ2n) is 6.55. The van der Waals surface area contributed by atoms with Gasteiger partial charge in [-0.05, 0) is 36.8 Å². The van der Waals surface area contributed by atoms with Gasteiger partial charge < -0.3 is 4.74 Å². The van der Waals surface area contributed by atoms with E-state index in [1.165, 1.54) is 18.1 Å². The molecule has 4 atom stereocenters. The van der Waals surface area contributed by atoms with E-state index in [2.05, 4.69) is 36.4 Å². The zero-order valence-corrected chi connectivity index (χ0v) is 12.9. The van der Waals surface area contributed by atoms with Crippen LogP contribution in [0.15, 0.2) is 36.4 Å². The highest BCUT2D eigenvalue weighted by atomic mass is 35.5. The van der Waals surface area contributed by atoms with Crippen molar-refractivity contribution >= 4 is 17.6 Å². The number of alkyl halides is 1. The first-order valence-electron chi connectivity index (χ1n) is 7.68. The minimum absolute atomic E-state index is 0.0742. The molecule has 3 aliphatic rings. The summed E-state index contributed by atoms with van der Waals surface area (Å²) < 4.78 is 5.72. The molecular weight excluding hydrogens is 284 g/mol. The van der Waals surface area contributed by atoms with Gasteiger partial charge in [0.05, 0.1) is 4.87 Å². The van der Waals surface area contributed by atoms with Crippen molar-refractivity contribution in [3.63, 3.8) is 0 Å². The molecule has 0 aromatic heterocycles. The largest absolute Gasteiger partial charge is 0.462 e. The predicted octanol–water partition coefficient (Wildman–Crippen LogP) is 3.98. The van der Waals surface area contributed by atoms with Gasteiger partial charge in [0.2, 0.25) is 0 Å². The van der Waals surface area contributed by atoms with E-state index in [0.717, 1.165) is 25.7 Å². The summed E-state index contributed by atoms with van der Waals surface area (Å²) in [4.78, 5) is 11.3. The molecule has 4 rings (SSSR count). The summed E-state index contributed by atoms with van der Waals surface area (Å²) in [6.07, 6.45) is 7.93. The number of allylic oxidation sites excluding steroid dienone is 2. The highest BCUT2D eigenvalue weighted by molar-refractivity contribution is 6.28. The van der Waals surface area contributed by atoms with Gasteiger partial charge in [-0.25, -0.2) is 0 Å². The fraction of sp³-hybridized carbons (Fsp3) is 0.500. The predicted molar refractivity (Wildman–Crippen MR) is 82.4 cm³/mol. The van der Waals surface area contributed by atoms with Crippen molar-refractivity contribution < 1.29 is 9.53 Å². The first kappa shape index (κ1) is 13.4. The van der Waals surface area contributed by atoms with Crippen molar-refractivity contribution in [2.24, 2.45) is 5.41 Å². The topological polar surface area (TPSA) is 26.3 Å². The number of fused-ring (bicyclic) bond motifs is 3. The van der Waals surface area contributed by atoms with Crippen molar-refractivity contribution in [1.82, 2.24) is 0 Å². The van der Waals surface area contributed by atoms with Gasteiger partial charge >= 0.3 is 5.97 Å². The lowest BCUT2D eigenvalue weighted by molar-refractivity contribution is -0.150. The number of esters is 1. The van der Waals surface area contributed by atoms with E-state index in [-0.39, 0.29) is 22.4 Å². The number of carbonyl (C=O) groups is 1. The van der Waals surface area contributed by atoms with Crippen LogP contribution in [0, 0.1) is 5.41 Å². The minimum Gasteiger partial charge on any atom is -0.462 e. The Hall–Kier alpha value is -1.28. The maximum absolute atomic E-state index is 11.6. The van der Waals surface area contributed by atoms with Crippen LogP contribution in [0.2, 0.25) is 0 Å². The summed E-state index contributed by atoms with van der Waals surface area (Å²) in [5.74, 6) is 0.101. The molecule has 1 saturated carbocycles. The standard InChI is InChI=1S/C18H19ClO2/c1-12(20)21-15-9-8-13-6-2-3-7-14(13)16-17(15)10-4-5-11-18(16,17)19/h2-7,15-16H,8-11H2,1H3/t15-,16-,17+,18-/m0/s1. The molecule has 21 heavy (non-hydrogen) atoms. The number of aryl methyl sites for hydroxylation is 1. The lowest BCUT2D eigenvalue weighted by Crippen LogP contribution is -2.34. The zero-order valence-electron chi connectivity index (χ0n) is 12.1. The minimum atomic E-state index is -0.279. The van der Waals surface area contributed by atoms with Crippen LogP contribution in [-0.2, 0) is 16.0 Å². The number of ether oxygens (including phenoxy) is 1. The Balaban J connectivity index is 1.84. The van der Waals surface area contributed by atoms with Crippen LogP contribution >= 0.6 is 11.6 Å². The van der Waals surface area contributed by atoms with Crippen LogP contribution in [-0.4, -0.2) is 16.9 Å². The molecule has 0 heterocycles. The fourth-order valence-electron chi connectivity index (χ4n) is 4.77. The summed E-state index contributed by atoms with van der Waals surface area (Å²) in [6, 6.07) is 8.58. The van der Waals surface area contributed by atoms with Gasteiger partial charge in [-0.15, -0.1) is 11.6 Å². The summed E-state index contributed by atoms with van der Waals surface area (Å²) in [6.45, 7) is 1.50. The van der Waals surface area contributed by atoms with Crippen molar-refractivity contribution in [3.05, 3.63) is 47.5 Å². The molecule has 0 amide bonds. The summed E-state index contributed by atoms with van der Waals surface area (Å²) in [5, 5.41) is 0. The molecule has 0 N–H and O–H groups in total. The molecular formula is C18H19ClO2. The van der Waals surface area contributed by atoms with Crippen LogP contribution in [0.25, 0.3) is 0 Å². The van der Waals surface area contributed by atoms with Gasteiger partial charge in [-0.3, -0.25) is 4.79 Å². The number of halogens is 1. The first-order chi connectivity index (χ1) is 10.1. The van der Waals surface area contributed by atoms with E-state index in [9.17, 15) is 4.79 Å². The number of hydrogen-bond acceptors (Lipinski definition) is 2. The van der Waals surface area contributed by atoms with E-state index in [4.69, 9.17) is 16.3 Å². The Morgan fingerprint density at radius 1 is 1.29 bits per heavy atom. The van der Waals surface area contributed by atoms with Crippen LogP contribution < -0.4 is 0 Å². The third-order valence-electron chi connectivity index (χ3n) is 5.63. The smallest absolute Gasteiger partial charge is 0.302 e. The van der Waals surface area contributed by atoms with Gasteiger partial charge in [-0.1, -0.05) is 36.4 Å². The van der Waals surface area contributed by atoms with Crippen LogP contribution in [0.1, 0.15) is 43.2 Å². The van der Waals surface area contributed by atoms with E-state index in [1.807, 2.05) is 0 Å². The molecule has 3 heteroatoms. The molecule has 0 radical (unpaired) electrons. The third-order valence-corrected chi connectivity index (χ3v) is 6.35. The summed E-state index contributed by atoms with van der Waals surface area (Å²) in [7, 11) is 0. The van der Waals surface area contributed by atoms with E-state index in [0.29, 0.717) is 5.92 Å². The molecule has 2 nitrogen and oxygen atoms in total. The monoisotopic (exact) mass is 302 g/mol. The molecule has 1 aromatic carbocycles. The quantitative estimate of drug-likeness (QED) is 0.446. The molecule has 1 aromatic rings. The molecule has 1 fully saturated rings. The Kier molecular flexibility index (Phi) is 2.78. The highest BCUT2D eigenvalue weighted by Crippen LogP contribution is 2.79. The number of rotatable bonds is 1. The van der Waals surface area contributed by atoms with Crippen LogP contribution in [0.3, 0.4) is 0 Å². The average Bonchev–Trinajstić information content (AvgIpc) is 3.07. The second-order valence-corrected chi connectivity index (χ2v) is 7.23. The molecule has 3 aliphatic carbocycles. The maximum Gasteiger partial charge on any atom is 0.302 e. The Labute approximate surface area is 130 Å². The van der Waals surface area contributed by atoms with Crippen molar-refractivity contribution in [2.75, 3.05) is 0 Å². The number of carbonyl (C=O) groups excluding carboxylic acids is 1. The first-order valence-corrected chi connectivity index (χ1v) is 8.06. The SMILES string of the molecule is CC(=O)O[C@H]1CCc2ccccc2[C@H]2[C@@]13CC=CC[C@]23Cl. The average molecular weight is 303 g/mol. The van der Waals surface area contributed by atoms with E-state index < -0.39 is 0 Å². The molecule has 110 valence electrons. The highest BCUT2D eigenvalue weighted by Gasteiger charge is 2.80. The maximum atomic E-state index is 11.6.